The van der Waals surface area contributed by atoms with E-state index < -0.39 is 0 Å². The Kier molecular flexibility index (Phi) is 6.14. The fourth-order valence-corrected chi connectivity index (χ4v) is 2.34. The maximum atomic E-state index is 12.2. The standard InChI is InChI=1S/C16H26N2O2/c1-16(2,3)13(7-8-17)5-6-15(19)12-9-14(20-4)11-18-10-12/h9-11,13H,5-8,17H2,1-4H3. The Morgan fingerprint density at radius 1 is 1.35 bits per heavy atom. The average Bonchev–Trinajstić information content (AvgIpc) is 2.41. The molecule has 4 heteroatoms. The average molecular weight is 278 g/mol. The Balaban J connectivity index is 2.65. The van der Waals surface area contributed by atoms with Gasteiger partial charge >= 0.3 is 0 Å². The summed E-state index contributed by atoms with van der Waals surface area (Å²) in [5.41, 5.74) is 6.46. The first-order valence-electron chi connectivity index (χ1n) is 7.10. The molecule has 0 fully saturated rings. The Bertz CT molecular complexity index is 438. The number of nitrogens with zero attached hydrogens (tertiary/aromatic N) is 1. The Hall–Kier alpha value is -1.42. The summed E-state index contributed by atoms with van der Waals surface area (Å²) < 4.78 is 5.09. The van der Waals surface area contributed by atoms with Crippen LogP contribution in [0.25, 0.3) is 0 Å². The van der Waals surface area contributed by atoms with Gasteiger partial charge in [0.1, 0.15) is 5.75 Å². The highest BCUT2D eigenvalue weighted by molar-refractivity contribution is 5.96. The minimum Gasteiger partial charge on any atom is -0.495 e. The summed E-state index contributed by atoms with van der Waals surface area (Å²) >= 11 is 0. The molecule has 0 amide bonds. The lowest BCUT2D eigenvalue weighted by atomic mass is 9.76. The number of ketones is 1. The Morgan fingerprint density at radius 2 is 2.05 bits per heavy atom. The summed E-state index contributed by atoms with van der Waals surface area (Å²) in [6.07, 6.45) is 5.53. The molecule has 4 nitrogen and oxygen atoms in total. The van der Waals surface area contributed by atoms with Gasteiger partial charge in [-0.1, -0.05) is 20.8 Å². The van der Waals surface area contributed by atoms with Crippen molar-refractivity contribution in [3.63, 3.8) is 0 Å². The number of carbonyl (C=O) groups is 1. The van der Waals surface area contributed by atoms with Crippen molar-refractivity contribution in [2.24, 2.45) is 17.1 Å². The lowest BCUT2D eigenvalue weighted by molar-refractivity contribution is 0.0957. The van der Waals surface area contributed by atoms with Crippen molar-refractivity contribution in [1.82, 2.24) is 4.98 Å². The smallest absolute Gasteiger partial charge is 0.164 e. The van der Waals surface area contributed by atoms with E-state index in [1.54, 1.807) is 25.6 Å². The van der Waals surface area contributed by atoms with Gasteiger partial charge in [-0.2, -0.15) is 0 Å². The van der Waals surface area contributed by atoms with Crippen LogP contribution in [0.4, 0.5) is 0 Å². The van der Waals surface area contributed by atoms with Gasteiger partial charge in [-0.15, -0.1) is 0 Å². The van der Waals surface area contributed by atoms with E-state index in [2.05, 4.69) is 25.8 Å². The molecule has 0 bridgehead atoms. The Labute approximate surface area is 121 Å². The molecule has 2 N–H and O–H groups in total. The van der Waals surface area contributed by atoms with E-state index in [4.69, 9.17) is 10.5 Å². The fourth-order valence-electron chi connectivity index (χ4n) is 2.34. The predicted molar refractivity (Wildman–Crippen MR) is 81.0 cm³/mol. The maximum Gasteiger partial charge on any atom is 0.164 e. The number of hydrogen-bond acceptors (Lipinski definition) is 4. The first-order valence-corrected chi connectivity index (χ1v) is 7.10. The maximum absolute atomic E-state index is 12.2. The second kappa shape index (κ2) is 7.39. The molecule has 0 aliphatic rings. The third kappa shape index (κ3) is 4.93. The molecule has 0 aliphatic carbocycles. The van der Waals surface area contributed by atoms with Gasteiger partial charge in [0.15, 0.2) is 5.78 Å². The van der Waals surface area contributed by atoms with Crippen molar-refractivity contribution in [1.29, 1.82) is 0 Å². The van der Waals surface area contributed by atoms with Gasteiger partial charge in [0.05, 0.1) is 13.3 Å². The highest BCUT2D eigenvalue weighted by Gasteiger charge is 2.24. The summed E-state index contributed by atoms with van der Waals surface area (Å²) in [7, 11) is 1.57. The van der Waals surface area contributed by atoms with Crippen LogP contribution in [0.15, 0.2) is 18.5 Å². The zero-order valence-corrected chi connectivity index (χ0v) is 13.0. The summed E-state index contributed by atoms with van der Waals surface area (Å²) in [5, 5.41) is 0. The summed E-state index contributed by atoms with van der Waals surface area (Å²) in [4.78, 5) is 16.2. The lowest BCUT2D eigenvalue weighted by Crippen LogP contribution is -2.24. The molecule has 0 aliphatic heterocycles. The number of methoxy groups -OCH3 is 1. The quantitative estimate of drug-likeness (QED) is 0.778. The van der Waals surface area contributed by atoms with Gasteiger partial charge in [0.2, 0.25) is 0 Å². The van der Waals surface area contributed by atoms with Gasteiger partial charge in [-0.25, -0.2) is 0 Å². The summed E-state index contributed by atoms with van der Waals surface area (Å²) in [6.45, 7) is 7.26. The number of Topliss-reactive ketones (excluding diaryl/α,β-unsaturated/α-hetero) is 1. The molecule has 1 rings (SSSR count). The van der Waals surface area contributed by atoms with Crippen molar-refractivity contribution in [3.05, 3.63) is 24.0 Å². The molecule has 1 heterocycles. The molecule has 112 valence electrons. The minimum absolute atomic E-state index is 0.114. The molecular formula is C16H26N2O2. The third-order valence-electron chi connectivity index (χ3n) is 3.73. The van der Waals surface area contributed by atoms with Gasteiger partial charge in [-0.3, -0.25) is 9.78 Å². The van der Waals surface area contributed by atoms with Crippen molar-refractivity contribution in [2.45, 2.75) is 40.0 Å². The van der Waals surface area contributed by atoms with Gasteiger partial charge < -0.3 is 10.5 Å². The fraction of sp³-hybridized carbons (Fsp3) is 0.625. The number of ether oxygens (including phenoxy) is 1. The van der Waals surface area contributed by atoms with Crippen molar-refractivity contribution in [2.75, 3.05) is 13.7 Å². The SMILES string of the molecule is COc1cncc(C(=O)CCC(CCN)C(C)(C)C)c1. The molecule has 20 heavy (non-hydrogen) atoms. The topological polar surface area (TPSA) is 65.2 Å². The van der Waals surface area contributed by atoms with Crippen LogP contribution < -0.4 is 10.5 Å². The van der Waals surface area contributed by atoms with Gasteiger partial charge in [0, 0.05) is 18.2 Å². The molecule has 0 saturated carbocycles. The zero-order valence-electron chi connectivity index (χ0n) is 13.0. The van der Waals surface area contributed by atoms with Crippen LogP contribution in [-0.4, -0.2) is 24.4 Å². The first-order chi connectivity index (χ1) is 9.38. The molecule has 0 aromatic carbocycles. The van der Waals surface area contributed by atoms with Crippen LogP contribution in [0.3, 0.4) is 0 Å². The number of aromatic nitrogens is 1. The van der Waals surface area contributed by atoms with E-state index in [1.165, 1.54) is 0 Å². The van der Waals surface area contributed by atoms with E-state index in [1.807, 2.05) is 0 Å². The zero-order chi connectivity index (χ0) is 15.2. The van der Waals surface area contributed by atoms with Crippen molar-refractivity contribution in [3.8, 4) is 5.75 Å². The largest absolute Gasteiger partial charge is 0.495 e. The highest BCUT2D eigenvalue weighted by Crippen LogP contribution is 2.32. The van der Waals surface area contributed by atoms with E-state index in [-0.39, 0.29) is 11.2 Å². The predicted octanol–water partition coefficient (Wildman–Crippen LogP) is 3.06. The molecule has 0 radical (unpaired) electrons. The Morgan fingerprint density at radius 3 is 2.60 bits per heavy atom. The van der Waals surface area contributed by atoms with Crippen LogP contribution in [0, 0.1) is 11.3 Å². The van der Waals surface area contributed by atoms with E-state index >= 15 is 0 Å². The van der Waals surface area contributed by atoms with Crippen LogP contribution in [0.2, 0.25) is 0 Å². The van der Waals surface area contributed by atoms with E-state index in [0.717, 1.165) is 12.8 Å². The molecule has 0 saturated heterocycles. The van der Waals surface area contributed by atoms with E-state index in [9.17, 15) is 4.79 Å². The van der Waals surface area contributed by atoms with Crippen LogP contribution in [0.5, 0.6) is 5.75 Å². The number of carbonyl (C=O) groups excluding carboxylic acids is 1. The highest BCUT2D eigenvalue weighted by atomic mass is 16.5. The molecule has 1 atom stereocenters. The molecule has 1 aromatic rings. The van der Waals surface area contributed by atoms with Crippen molar-refractivity contribution < 1.29 is 9.53 Å². The number of rotatable bonds is 7. The van der Waals surface area contributed by atoms with Crippen LogP contribution in [0.1, 0.15) is 50.4 Å². The lowest BCUT2D eigenvalue weighted by Gasteiger charge is -2.30. The molecule has 1 aromatic heterocycles. The molecular weight excluding hydrogens is 252 g/mol. The summed E-state index contributed by atoms with van der Waals surface area (Å²) in [6, 6.07) is 1.74. The third-order valence-corrected chi connectivity index (χ3v) is 3.73. The van der Waals surface area contributed by atoms with Crippen molar-refractivity contribution >= 4 is 5.78 Å². The second-order valence-electron chi connectivity index (χ2n) is 6.22. The van der Waals surface area contributed by atoms with Crippen LogP contribution >= 0.6 is 0 Å². The van der Waals surface area contributed by atoms with Gasteiger partial charge in [0.25, 0.3) is 0 Å². The number of nitrogens with two attached hydrogens (primary N) is 1. The second-order valence-corrected chi connectivity index (χ2v) is 6.22. The molecule has 0 spiro atoms. The summed E-state index contributed by atoms with van der Waals surface area (Å²) in [5.74, 6) is 1.18. The van der Waals surface area contributed by atoms with E-state index in [0.29, 0.717) is 30.2 Å². The number of hydrogen-bond donors (Lipinski definition) is 1. The molecule has 1 unspecified atom stereocenters. The minimum atomic E-state index is 0.114. The normalized spacial score (nSPS) is 13.1. The monoisotopic (exact) mass is 278 g/mol. The van der Waals surface area contributed by atoms with Crippen LogP contribution in [-0.2, 0) is 0 Å². The van der Waals surface area contributed by atoms with Gasteiger partial charge in [-0.05, 0) is 36.8 Å². The first kappa shape index (κ1) is 16.6. The number of pyridine rings is 1.